The van der Waals surface area contributed by atoms with Gasteiger partial charge in [0.15, 0.2) is 0 Å². The predicted molar refractivity (Wildman–Crippen MR) is 140 cm³/mol. The summed E-state index contributed by atoms with van der Waals surface area (Å²) in [5.74, 6) is -4.56. The monoisotopic (exact) mass is 527 g/mol. The molecule has 0 aliphatic rings. The van der Waals surface area contributed by atoms with Crippen molar-refractivity contribution in [3.8, 4) is 11.1 Å². The van der Waals surface area contributed by atoms with Crippen molar-refractivity contribution in [3.05, 3.63) is 94.0 Å². The lowest BCUT2D eigenvalue weighted by molar-refractivity contribution is -0.149. The van der Waals surface area contributed by atoms with E-state index in [9.17, 15) is 19.5 Å². The molecule has 0 aliphatic heterocycles. The summed E-state index contributed by atoms with van der Waals surface area (Å²) in [4.78, 5) is 35.0. The highest BCUT2D eigenvalue weighted by molar-refractivity contribution is 6.42. The highest BCUT2D eigenvalue weighted by Gasteiger charge is 2.27. The fourth-order valence-electron chi connectivity index (χ4n) is 4.15. The number of carboxylic acids is 2. The fourth-order valence-corrected chi connectivity index (χ4v) is 4.47. The standard InChI is InChI=1S/C28H27Cl2NO5/c1-17(31-26(32)15-22(28(35)36)16-27(33)34)23(13-18-7-12-24(29)25(30)14-18)21-10-8-20(9-11-21)19-5-3-2-4-6-19/h2-12,14,17,22-23H,13,15-16H2,1H3,(H,31,32)(H,33,34)(H,35,36)/t17?,22-,23?/m1/s1. The summed E-state index contributed by atoms with van der Waals surface area (Å²) in [5, 5.41) is 22.0. The van der Waals surface area contributed by atoms with Crippen molar-refractivity contribution in [1.29, 1.82) is 0 Å². The van der Waals surface area contributed by atoms with E-state index in [1.165, 1.54) is 0 Å². The van der Waals surface area contributed by atoms with Crippen LogP contribution in [0.25, 0.3) is 11.1 Å². The van der Waals surface area contributed by atoms with Gasteiger partial charge in [-0.25, -0.2) is 0 Å². The SMILES string of the molecule is CC(NC(=O)C[C@H](CC(=O)O)C(=O)O)C(Cc1ccc(Cl)c(Cl)c1)c1ccc(-c2ccccc2)cc1. The molecule has 0 aliphatic carbocycles. The topological polar surface area (TPSA) is 104 Å². The number of aliphatic carboxylic acids is 2. The first-order chi connectivity index (χ1) is 17.1. The van der Waals surface area contributed by atoms with Crippen LogP contribution in [-0.2, 0) is 20.8 Å². The molecule has 0 heterocycles. The third-order valence-corrected chi connectivity index (χ3v) is 6.82. The van der Waals surface area contributed by atoms with E-state index in [0.29, 0.717) is 16.5 Å². The number of carbonyl (C=O) groups is 3. The maximum Gasteiger partial charge on any atom is 0.307 e. The molecule has 0 aromatic heterocycles. The van der Waals surface area contributed by atoms with Gasteiger partial charge in [-0.1, -0.05) is 83.9 Å². The molecule has 0 saturated carbocycles. The van der Waals surface area contributed by atoms with Crippen molar-refractivity contribution < 1.29 is 24.6 Å². The Morgan fingerprint density at radius 2 is 1.47 bits per heavy atom. The van der Waals surface area contributed by atoms with Crippen LogP contribution >= 0.6 is 23.2 Å². The van der Waals surface area contributed by atoms with E-state index in [-0.39, 0.29) is 12.0 Å². The summed E-state index contributed by atoms with van der Waals surface area (Å²) < 4.78 is 0. The lowest BCUT2D eigenvalue weighted by atomic mass is 9.85. The van der Waals surface area contributed by atoms with Gasteiger partial charge < -0.3 is 15.5 Å². The van der Waals surface area contributed by atoms with Gasteiger partial charge in [-0.15, -0.1) is 0 Å². The Morgan fingerprint density at radius 3 is 2.06 bits per heavy atom. The number of carbonyl (C=O) groups excluding carboxylic acids is 1. The van der Waals surface area contributed by atoms with Crippen LogP contribution in [0.2, 0.25) is 10.0 Å². The maximum absolute atomic E-state index is 12.7. The Hall–Kier alpha value is -3.35. The number of nitrogens with one attached hydrogen (secondary N) is 1. The van der Waals surface area contributed by atoms with Crippen molar-refractivity contribution in [2.45, 2.75) is 38.1 Å². The minimum Gasteiger partial charge on any atom is -0.481 e. The Balaban J connectivity index is 1.84. The molecule has 3 aromatic rings. The zero-order valence-corrected chi connectivity index (χ0v) is 21.2. The normalized spacial score (nSPS) is 13.4. The molecule has 0 radical (unpaired) electrons. The van der Waals surface area contributed by atoms with Crippen LogP contribution < -0.4 is 5.32 Å². The molecular weight excluding hydrogens is 501 g/mol. The maximum atomic E-state index is 12.7. The zero-order chi connectivity index (χ0) is 26.2. The van der Waals surface area contributed by atoms with Gasteiger partial charge >= 0.3 is 11.9 Å². The molecule has 3 N–H and O–H groups in total. The average molecular weight is 528 g/mol. The molecule has 1 amide bonds. The van der Waals surface area contributed by atoms with Gasteiger partial charge in [0, 0.05) is 18.4 Å². The van der Waals surface area contributed by atoms with E-state index in [4.69, 9.17) is 28.3 Å². The molecule has 8 heteroatoms. The van der Waals surface area contributed by atoms with Gasteiger partial charge in [-0.05, 0) is 47.7 Å². The van der Waals surface area contributed by atoms with Crippen LogP contribution in [0, 0.1) is 5.92 Å². The van der Waals surface area contributed by atoms with Crippen LogP contribution in [0.5, 0.6) is 0 Å². The van der Waals surface area contributed by atoms with Crippen molar-refractivity contribution in [2.24, 2.45) is 5.92 Å². The summed E-state index contributed by atoms with van der Waals surface area (Å²) in [6, 6.07) is 23.0. The summed E-state index contributed by atoms with van der Waals surface area (Å²) in [6.45, 7) is 1.85. The summed E-state index contributed by atoms with van der Waals surface area (Å²) in [6.07, 6.45) is -0.496. The molecule has 6 nitrogen and oxygen atoms in total. The van der Waals surface area contributed by atoms with E-state index in [1.807, 2.05) is 67.6 Å². The van der Waals surface area contributed by atoms with Gasteiger partial charge in [0.2, 0.25) is 5.91 Å². The minimum absolute atomic E-state index is 0.168. The molecule has 0 fully saturated rings. The molecule has 3 rings (SSSR count). The first-order valence-corrected chi connectivity index (χ1v) is 12.2. The lowest BCUT2D eigenvalue weighted by Crippen LogP contribution is -2.39. The van der Waals surface area contributed by atoms with Crippen molar-refractivity contribution in [2.75, 3.05) is 0 Å². The van der Waals surface area contributed by atoms with E-state index in [2.05, 4.69) is 5.32 Å². The second-order valence-corrected chi connectivity index (χ2v) is 9.55. The molecular formula is C28H27Cl2NO5. The number of benzene rings is 3. The van der Waals surface area contributed by atoms with E-state index < -0.39 is 36.6 Å². The number of carboxylic acid groups (broad SMARTS) is 2. The lowest BCUT2D eigenvalue weighted by Gasteiger charge is -2.26. The van der Waals surface area contributed by atoms with Crippen molar-refractivity contribution >= 4 is 41.0 Å². The Labute approximate surface area is 219 Å². The van der Waals surface area contributed by atoms with Gasteiger partial charge in [-0.2, -0.15) is 0 Å². The minimum atomic E-state index is -1.32. The quantitative estimate of drug-likeness (QED) is 0.281. The summed E-state index contributed by atoms with van der Waals surface area (Å²) in [7, 11) is 0. The molecule has 0 spiro atoms. The van der Waals surface area contributed by atoms with Crippen LogP contribution in [0.3, 0.4) is 0 Å². The Morgan fingerprint density at radius 1 is 0.833 bits per heavy atom. The number of rotatable bonds is 11. The third-order valence-electron chi connectivity index (χ3n) is 6.08. The number of amides is 1. The zero-order valence-electron chi connectivity index (χ0n) is 19.7. The highest BCUT2D eigenvalue weighted by Crippen LogP contribution is 2.30. The van der Waals surface area contributed by atoms with Crippen LogP contribution in [-0.4, -0.2) is 34.1 Å². The molecule has 2 unspecified atom stereocenters. The van der Waals surface area contributed by atoms with Crippen molar-refractivity contribution in [3.63, 3.8) is 0 Å². The van der Waals surface area contributed by atoms with Gasteiger partial charge in [0.05, 0.1) is 22.4 Å². The fraction of sp³-hybridized carbons (Fsp3) is 0.250. The molecule has 3 aromatic carbocycles. The van der Waals surface area contributed by atoms with Crippen LogP contribution in [0.4, 0.5) is 0 Å². The predicted octanol–water partition coefficient (Wildman–Crippen LogP) is 6.06. The van der Waals surface area contributed by atoms with E-state index in [1.54, 1.807) is 12.1 Å². The highest BCUT2D eigenvalue weighted by atomic mass is 35.5. The molecule has 188 valence electrons. The smallest absolute Gasteiger partial charge is 0.307 e. The second kappa shape index (κ2) is 12.6. The molecule has 0 saturated heterocycles. The van der Waals surface area contributed by atoms with Gasteiger partial charge in [0.1, 0.15) is 0 Å². The molecule has 0 bridgehead atoms. The van der Waals surface area contributed by atoms with E-state index in [0.717, 1.165) is 22.3 Å². The number of hydrogen-bond acceptors (Lipinski definition) is 3. The van der Waals surface area contributed by atoms with Crippen molar-refractivity contribution in [1.82, 2.24) is 5.32 Å². The summed E-state index contributed by atoms with van der Waals surface area (Å²) >= 11 is 12.3. The average Bonchev–Trinajstić information content (AvgIpc) is 2.84. The Kier molecular flexibility index (Phi) is 9.51. The van der Waals surface area contributed by atoms with Gasteiger partial charge in [-0.3, -0.25) is 14.4 Å². The van der Waals surface area contributed by atoms with E-state index >= 15 is 0 Å². The number of hydrogen-bond donors (Lipinski definition) is 3. The van der Waals surface area contributed by atoms with Crippen LogP contribution in [0.1, 0.15) is 36.8 Å². The van der Waals surface area contributed by atoms with Crippen LogP contribution in [0.15, 0.2) is 72.8 Å². The largest absolute Gasteiger partial charge is 0.481 e. The first-order valence-electron chi connectivity index (χ1n) is 11.5. The molecule has 36 heavy (non-hydrogen) atoms. The van der Waals surface area contributed by atoms with Gasteiger partial charge in [0.25, 0.3) is 0 Å². The Bertz CT molecular complexity index is 1210. The second-order valence-electron chi connectivity index (χ2n) is 8.74. The third kappa shape index (κ3) is 7.57. The number of halogens is 2. The molecule has 3 atom stereocenters. The summed E-state index contributed by atoms with van der Waals surface area (Å²) in [5.41, 5.74) is 4.05. The first kappa shape index (κ1) is 27.2.